The Kier molecular flexibility index (Phi) is 6.39. The summed E-state index contributed by atoms with van der Waals surface area (Å²) in [7, 11) is 0. The number of H-pyrrole nitrogens is 1. The Balaban J connectivity index is 1.33. The van der Waals surface area contributed by atoms with E-state index in [4.69, 9.17) is 9.84 Å². The van der Waals surface area contributed by atoms with E-state index in [2.05, 4.69) is 33.0 Å². The van der Waals surface area contributed by atoms with E-state index in [-0.39, 0.29) is 36.5 Å². The second kappa shape index (κ2) is 9.56. The highest BCUT2D eigenvalue weighted by Crippen LogP contribution is 2.44. The van der Waals surface area contributed by atoms with Crippen LogP contribution < -0.4 is 10.6 Å². The first-order chi connectivity index (χ1) is 15.9. The van der Waals surface area contributed by atoms with Crippen LogP contribution in [0, 0.1) is 0 Å². The van der Waals surface area contributed by atoms with Crippen molar-refractivity contribution in [2.75, 3.05) is 11.9 Å². The molecule has 0 saturated heterocycles. The summed E-state index contributed by atoms with van der Waals surface area (Å²) < 4.78 is 5.47. The average molecular weight is 448 g/mol. The fraction of sp³-hybridized carbons (Fsp3) is 0.250. The maximum absolute atomic E-state index is 12.4. The smallest absolute Gasteiger partial charge is 0.412 e. The van der Waals surface area contributed by atoms with E-state index in [1.807, 2.05) is 36.4 Å². The Morgan fingerprint density at radius 3 is 2.36 bits per heavy atom. The molecule has 9 nitrogen and oxygen atoms in total. The number of ether oxygens (including phenoxy) is 1. The number of nitrogens with one attached hydrogen (secondary N) is 3. The molecule has 0 aliphatic heterocycles. The third kappa shape index (κ3) is 5.03. The van der Waals surface area contributed by atoms with Gasteiger partial charge >= 0.3 is 12.1 Å². The van der Waals surface area contributed by atoms with Gasteiger partial charge < -0.3 is 15.2 Å². The Morgan fingerprint density at radius 1 is 1.09 bits per heavy atom. The molecule has 2 amide bonds. The molecule has 1 atom stereocenters. The number of carboxylic acid groups (broad SMARTS) is 1. The molecule has 33 heavy (non-hydrogen) atoms. The van der Waals surface area contributed by atoms with Gasteiger partial charge in [0, 0.05) is 24.4 Å². The fourth-order valence-corrected chi connectivity index (χ4v) is 3.95. The molecule has 0 radical (unpaired) electrons. The Bertz CT molecular complexity index is 1140. The van der Waals surface area contributed by atoms with Crippen LogP contribution in [-0.4, -0.2) is 45.9 Å². The van der Waals surface area contributed by atoms with Crippen LogP contribution in [0.4, 0.5) is 10.6 Å². The number of aromatic nitrogens is 2. The number of rotatable bonds is 8. The first kappa shape index (κ1) is 22.1. The van der Waals surface area contributed by atoms with E-state index in [1.54, 1.807) is 6.92 Å². The van der Waals surface area contributed by atoms with E-state index in [1.165, 1.54) is 6.07 Å². The molecule has 9 heteroatoms. The molecule has 0 fully saturated rings. The fourth-order valence-electron chi connectivity index (χ4n) is 3.95. The largest absolute Gasteiger partial charge is 0.481 e. The lowest BCUT2D eigenvalue weighted by molar-refractivity contribution is -0.137. The number of carbonyl (C=O) groups is 3. The zero-order valence-corrected chi connectivity index (χ0v) is 18.0. The summed E-state index contributed by atoms with van der Waals surface area (Å²) in [6.07, 6.45) is -0.413. The maximum Gasteiger partial charge on any atom is 0.412 e. The minimum Gasteiger partial charge on any atom is -0.481 e. The van der Waals surface area contributed by atoms with Crippen molar-refractivity contribution >= 4 is 23.8 Å². The van der Waals surface area contributed by atoms with Gasteiger partial charge in [-0.2, -0.15) is 5.10 Å². The molecule has 1 heterocycles. The first-order valence-corrected chi connectivity index (χ1v) is 10.6. The van der Waals surface area contributed by atoms with Gasteiger partial charge in [-0.25, -0.2) is 4.79 Å². The van der Waals surface area contributed by atoms with Gasteiger partial charge in [-0.1, -0.05) is 48.5 Å². The van der Waals surface area contributed by atoms with Crippen molar-refractivity contribution < 1.29 is 24.2 Å². The van der Waals surface area contributed by atoms with Crippen molar-refractivity contribution in [1.29, 1.82) is 0 Å². The first-order valence-electron chi connectivity index (χ1n) is 10.6. The molecule has 4 N–H and O–H groups in total. The number of benzene rings is 2. The monoisotopic (exact) mass is 448 g/mol. The van der Waals surface area contributed by atoms with Crippen LogP contribution in [0.3, 0.4) is 0 Å². The van der Waals surface area contributed by atoms with Crippen LogP contribution in [0.5, 0.6) is 0 Å². The number of carboxylic acids is 1. The van der Waals surface area contributed by atoms with E-state index in [9.17, 15) is 14.4 Å². The van der Waals surface area contributed by atoms with E-state index in [0.29, 0.717) is 6.42 Å². The molecule has 170 valence electrons. The minimum atomic E-state index is -0.924. The number of nitrogens with zero attached hydrogens (tertiary/aromatic N) is 1. The van der Waals surface area contributed by atoms with Gasteiger partial charge in [0.05, 0.1) is 0 Å². The van der Waals surface area contributed by atoms with Crippen LogP contribution in [-0.2, 0) is 9.53 Å². The lowest BCUT2D eigenvalue weighted by Crippen LogP contribution is -2.33. The Labute approximate surface area is 190 Å². The normalized spacial score (nSPS) is 13.0. The van der Waals surface area contributed by atoms with Crippen molar-refractivity contribution in [2.24, 2.45) is 0 Å². The highest BCUT2D eigenvalue weighted by Gasteiger charge is 2.29. The van der Waals surface area contributed by atoms with Crippen molar-refractivity contribution in [2.45, 2.75) is 31.7 Å². The van der Waals surface area contributed by atoms with E-state index in [0.717, 1.165) is 22.3 Å². The van der Waals surface area contributed by atoms with Gasteiger partial charge in [-0.15, -0.1) is 0 Å². The Hall–Kier alpha value is -4.14. The van der Waals surface area contributed by atoms with Gasteiger partial charge in [0.15, 0.2) is 5.82 Å². The highest BCUT2D eigenvalue weighted by atomic mass is 16.5. The predicted molar refractivity (Wildman–Crippen MR) is 121 cm³/mol. The van der Waals surface area contributed by atoms with Gasteiger partial charge in [0.25, 0.3) is 5.91 Å². The number of amides is 2. The molecule has 0 spiro atoms. The summed E-state index contributed by atoms with van der Waals surface area (Å²) in [5, 5.41) is 20.4. The topological polar surface area (TPSA) is 133 Å². The van der Waals surface area contributed by atoms with Gasteiger partial charge in [-0.05, 0) is 35.6 Å². The van der Waals surface area contributed by atoms with Gasteiger partial charge in [-0.3, -0.25) is 20.0 Å². The summed E-state index contributed by atoms with van der Waals surface area (Å²) in [5.74, 6) is -1.28. The number of aromatic amines is 1. The Morgan fingerprint density at radius 2 is 1.73 bits per heavy atom. The summed E-state index contributed by atoms with van der Waals surface area (Å²) in [6.45, 7) is 1.88. The second-order valence-corrected chi connectivity index (χ2v) is 7.92. The molecule has 1 aliphatic carbocycles. The lowest BCUT2D eigenvalue weighted by Gasteiger charge is -2.14. The third-order valence-corrected chi connectivity index (χ3v) is 5.57. The van der Waals surface area contributed by atoms with Gasteiger partial charge in [0.1, 0.15) is 12.3 Å². The number of fused-ring (bicyclic) bond motifs is 3. The van der Waals surface area contributed by atoms with Crippen LogP contribution in [0.2, 0.25) is 0 Å². The summed E-state index contributed by atoms with van der Waals surface area (Å²) in [4.78, 5) is 35.3. The van der Waals surface area contributed by atoms with Crippen LogP contribution in [0.25, 0.3) is 11.1 Å². The number of carbonyl (C=O) groups excluding carboxylic acids is 2. The summed E-state index contributed by atoms with van der Waals surface area (Å²) in [5.41, 5.74) is 4.65. The SMILES string of the molecule is CC(CCC(=O)O)NC(=O)c1cc(NC(=O)OCC2c3ccccc3-c3ccccc32)n[nH]1. The molecule has 0 bridgehead atoms. The van der Waals surface area contributed by atoms with Crippen molar-refractivity contribution in [3.63, 3.8) is 0 Å². The molecule has 1 aromatic heterocycles. The predicted octanol–water partition coefficient (Wildman–Crippen LogP) is 3.75. The lowest BCUT2D eigenvalue weighted by atomic mass is 9.98. The number of hydrogen-bond acceptors (Lipinski definition) is 5. The minimum absolute atomic E-state index is 0.0426. The number of aliphatic carboxylic acids is 1. The molecule has 2 aromatic carbocycles. The van der Waals surface area contributed by atoms with E-state index >= 15 is 0 Å². The average Bonchev–Trinajstić information content (AvgIpc) is 3.39. The maximum atomic E-state index is 12.4. The van der Waals surface area contributed by atoms with Crippen molar-refractivity contribution in [3.05, 3.63) is 71.4 Å². The molecule has 3 aromatic rings. The molecule has 4 rings (SSSR count). The van der Waals surface area contributed by atoms with Crippen molar-refractivity contribution in [3.8, 4) is 11.1 Å². The summed E-state index contributed by atoms with van der Waals surface area (Å²) >= 11 is 0. The second-order valence-electron chi connectivity index (χ2n) is 7.92. The molecular weight excluding hydrogens is 424 g/mol. The van der Waals surface area contributed by atoms with Gasteiger partial charge in [0.2, 0.25) is 0 Å². The van der Waals surface area contributed by atoms with Crippen molar-refractivity contribution in [1.82, 2.24) is 15.5 Å². The summed E-state index contributed by atoms with van der Waals surface area (Å²) in [6, 6.07) is 17.2. The standard InChI is InChI=1S/C24H24N4O5/c1-14(10-11-22(29)30)25-23(31)20-12-21(28-27-20)26-24(32)33-13-19-17-8-4-2-6-15(17)16-7-3-5-9-18(16)19/h2-9,12,14,19H,10-11,13H2,1H3,(H,25,31)(H,29,30)(H2,26,27,28,32). The molecule has 1 unspecified atom stereocenters. The zero-order chi connectivity index (χ0) is 23.4. The molecule has 0 saturated carbocycles. The van der Waals surface area contributed by atoms with Crippen LogP contribution in [0.15, 0.2) is 54.6 Å². The molecule has 1 aliphatic rings. The molecular formula is C24H24N4O5. The quantitative estimate of drug-likeness (QED) is 0.415. The van der Waals surface area contributed by atoms with E-state index < -0.39 is 18.0 Å². The number of hydrogen-bond donors (Lipinski definition) is 4. The highest BCUT2D eigenvalue weighted by molar-refractivity contribution is 5.94. The zero-order valence-electron chi connectivity index (χ0n) is 18.0. The van der Waals surface area contributed by atoms with Crippen LogP contribution >= 0.6 is 0 Å². The third-order valence-electron chi connectivity index (χ3n) is 5.57. The number of anilines is 1. The van der Waals surface area contributed by atoms with Crippen LogP contribution in [0.1, 0.15) is 47.3 Å².